The summed E-state index contributed by atoms with van der Waals surface area (Å²) in [6, 6.07) is 3.24. The van der Waals surface area contributed by atoms with Crippen molar-refractivity contribution in [3.8, 4) is 0 Å². The molecular weight excluding hydrogens is 276 g/mol. The van der Waals surface area contributed by atoms with E-state index in [0.717, 1.165) is 24.0 Å². The Kier molecular flexibility index (Phi) is 4.36. The van der Waals surface area contributed by atoms with Crippen LogP contribution in [0.4, 0.5) is 5.69 Å². The van der Waals surface area contributed by atoms with E-state index in [2.05, 4.69) is 0 Å². The van der Waals surface area contributed by atoms with E-state index in [1.807, 2.05) is 13.8 Å². The molecule has 6 heteroatoms. The molecule has 5 nitrogen and oxygen atoms in total. The van der Waals surface area contributed by atoms with Crippen LogP contribution in [0.1, 0.15) is 24.0 Å². The van der Waals surface area contributed by atoms with Crippen LogP contribution in [0.15, 0.2) is 17.0 Å². The number of piperidine rings is 1. The maximum atomic E-state index is 12.7. The van der Waals surface area contributed by atoms with E-state index in [1.54, 1.807) is 19.2 Å². The van der Waals surface area contributed by atoms with E-state index in [-0.39, 0.29) is 11.0 Å². The first kappa shape index (κ1) is 15.3. The topological polar surface area (TPSA) is 72.6 Å². The molecule has 1 aromatic rings. The summed E-state index contributed by atoms with van der Waals surface area (Å²) in [5.41, 5.74) is 8.23. The third-order valence-corrected chi connectivity index (χ3v) is 5.84. The average molecular weight is 298 g/mol. The molecule has 0 aliphatic carbocycles. The molecule has 0 amide bonds. The Morgan fingerprint density at radius 3 is 2.65 bits per heavy atom. The number of sulfonamides is 1. The van der Waals surface area contributed by atoms with Gasteiger partial charge in [-0.2, -0.15) is 4.31 Å². The highest BCUT2D eigenvalue weighted by molar-refractivity contribution is 7.89. The highest BCUT2D eigenvalue weighted by atomic mass is 32.2. The summed E-state index contributed by atoms with van der Waals surface area (Å²) in [6.45, 7) is 4.71. The van der Waals surface area contributed by atoms with Crippen molar-refractivity contribution in [1.82, 2.24) is 4.31 Å². The Bertz CT molecular complexity index is 575. The molecule has 1 unspecified atom stereocenters. The fourth-order valence-electron chi connectivity index (χ4n) is 2.47. The summed E-state index contributed by atoms with van der Waals surface area (Å²) < 4.78 is 32.1. The third-order valence-electron chi connectivity index (χ3n) is 3.99. The van der Waals surface area contributed by atoms with Gasteiger partial charge < -0.3 is 10.5 Å². The summed E-state index contributed by atoms with van der Waals surface area (Å²) in [7, 11) is -1.87. The largest absolute Gasteiger partial charge is 0.398 e. The van der Waals surface area contributed by atoms with Crippen LogP contribution < -0.4 is 5.73 Å². The Balaban J connectivity index is 2.35. The summed E-state index contributed by atoms with van der Waals surface area (Å²) in [5.74, 6) is 0. The molecule has 112 valence electrons. The van der Waals surface area contributed by atoms with Gasteiger partial charge in [0.1, 0.15) is 0 Å². The molecule has 0 radical (unpaired) electrons. The standard InChI is InChI=1S/C14H22N2O3S/c1-10-7-13(8-14(15)11(10)2)20(17,18)16-6-4-5-12(9-16)19-3/h7-8,12H,4-6,9,15H2,1-3H3. The first-order valence-corrected chi connectivity index (χ1v) is 8.20. The van der Waals surface area contributed by atoms with Gasteiger partial charge in [0.2, 0.25) is 10.0 Å². The van der Waals surface area contributed by atoms with Crippen molar-refractivity contribution >= 4 is 15.7 Å². The number of aryl methyl sites for hydroxylation is 1. The molecule has 2 rings (SSSR count). The highest BCUT2D eigenvalue weighted by Crippen LogP contribution is 2.26. The number of nitrogens with zero attached hydrogens (tertiary/aromatic N) is 1. The lowest BCUT2D eigenvalue weighted by Gasteiger charge is -2.31. The van der Waals surface area contributed by atoms with E-state index in [0.29, 0.717) is 18.8 Å². The minimum absolute atomic E-state index is 0.0255. The Morgan fingerprint density at radius 2 is 2.05 bits per heavy atom. The molecule has 1 aliphatic heterocycles. The predicted molar refractivity (Wildman–Crippen MR) is 79.1 cm³/mol. The van der Waals surface area contributed by atoms with Crippen molar-refractivity contribution in [3.63, 3.8) is 0 Å². The molecule has 1 saturated heterocycles. The third kappa shape index (κ3) is 2.82. The SMILES string of the molecule is COC1CCCN(S(=O)(=O)c2cc(C)c(C)c(N)c2)C1. The summed E-state index contributed by atoms with van der Waals surface area (Å²) in [4.78, 5) is 0.273. The molecule has 0 aromatic heterocycles. The quantitative estimate of drug-likeness (QED) is 0.862. The Hall–Kier alpha value is -1.11. The van der Waals surface area contributed by atoms with Crippen molar-refractivity contribution in [2.24, 2.45) is 0 Å². The molecule has 0 bridgehead atoms. The molecule has 2 N–H and O–H groups in total. The zero-order valence-electron chi connectivity index (χ0n) is 12.2. The van der Waals surface area contributed by atoms with Gasteiger partial charge in [-0.3, -0.25) is 0 Å². The lowest BCUT2D eigenvalue weighted by atomic mass is 10.1. The molecule has 0 saturated carbocycles. The van der Waals surface area contributed by atoms with Crippen LogP contribution in [0, 0.1) is 13.8 Å². The zero-order valence-corrected chi connectivity index (χ0v) is 13.0. The van der Waals surface area contributed by atoms with Crippen LogP contribution in [0.5, 0.6) is 0 Å². The van der Waals surface area contributed by atoms with Gasteiger partial charge in [0.25, 0.3) is 0 Å². The average Bonchev–Trinajstić information content (AvgIpc) is 2.44. The van der Waals surface area contributed by atoms with E-state index in [1.165, 1.54) is 4.31 Å². The lowest BCUT2D eigenvalue weighted by Crippen LogP contribution is -2.42. The first-order chi connectivity index (χ1) is 9.36. The van der Waals surface area contributed by atoms with Crippen LogP contribution in [0.3, 0.4) is 0 Å². The number of anilines is 1. The predicted octanol–water partition coefficient (Wildman–Crippen LogP) is 1.69. The Morgan fingerprint density at radius 1 is 1.35 bits per heavy atom. The fraction of sp³-hybridized carbons (Fsp3) is 0.571. The number of rotatable bonds is 3. The number of nitrogens with two attached hydrogens (primary N) is 1. The molecule has 1 heterocycles. The fourth-order valence-corrected chi connectivity index (χ4v) is 4.10. The minimum Gasteiger partial charge on any atom is -0.398 e. The van der Waals surface area contributed by atoms with E-state index in [9.17, 15) is 8.42 Å². The molecule has 1 aliphatic rings. The maximum Gasteiger partial charge on any atom is 0.243 e. The van der Waals surface area contributed by atoms with Gasteiger partial charge in [-0.1, -0.05) is 0 Å². The van der Waals surface area contributed by atoms with Crippen molar-refractivity contribution < 1.29 is 13.2 Å². The molecular formula is C14H22N2O3S. The van der Waals surface area contributed by atoms with Crippen LogP contribution in [-0.4, -0.2) is 39.0 Å². The van der Waals surface area contributed by atoms with Crippen molar-refractivity contribution in [3.05, 3.63) is 23.3 Å². The van der Waals surface area contributed by atoms with Crippen molar-refractivity contribution in [1.29, 1.82) is 0 Å². The highest BCUT2D eigenvalue weighted by Gasteiger charge is 2.30. The van der Waals surface area contributed by atoms with Crippen molar-refractivity contribution in [2.75, 3.05) is 25.9 Å². The zero-order chi connectivity index (χ0) is 14.9. The Labute approximate surface area is 120 Å². The number of nitrogen functional groups attached to an aromatic ring is 1. The van der Waals surface area contributed by atoms with E-state index < -0.39 is 10.0 Å². The second kappa shape index (κ2) is 5.71. The van der Waals surface area contributed by atoms with Crippen LogP contribution in [0.2, 0.25) is 0 Å². The van der Waals surface area contributed by atoms with Gasteiger partial charge >= 0.3 is 0 Å². The molecule has 0 spiro atoms. The summed E-state index contributed by atoms with van der Waals surface area (Å²) >= 11 is 0. The lowest BCUT2D eigenvalue weighted by molar-refractivity contribution is 0.0572. The molecule has 1 atom stereocenters. The number of hydrogen-bond donors (Lipinski definition) is 1. The molecule has 1 aromatic carbocycles. The smallest absolute Gasteiger partial charge is 0.243 e. The number of hydrogen-bond acceptors (Lipinski definition) is 4. The van der Waals surface area contributed by atoms with Gasteiger partial charge in [-0.05, 0) is 49.9 Å². The van der Waals surface area contributed by atoms with Gasteiger partial charge in [-0.25, -0.2) is 8.42 Å². The van der Waals surface area contributed by atoms with Crippen LogP contribution in [0.25, 0.3) is 0 Å². The molecule has 1 fully saturated rings. The second-order valence-electron chi connectivity index (χ2n) is 5.32. The maximum absolute atomic E-state index is 12.7. The van der Waals surface area contributed by atoms with Gasteiger partial charge in [0.15, 0.2) is 0 Å². The van der Waals surface area contributed by atoms with E-state index in [4.69, 9.17) is 10.5 Å². The second-order valence-corrected chi connectivity index (χ2v) is 7.26. The van der Waals surface area contributed by atoms with Gasteiger partial charge in [0, 0.05) is 25.9 Å². The number of benzene rings is 1. The van der Waals surface area contributed by atoms with Crippen molar-refractivity contribution in [2.45, 2.75) is 37.7 Å². The van der Waals surface area contributed by atoms with E-state index >= 15 is 0 Å². The summed E-state index contributed by atoms with van der Waals surface area (Å²) in [5, 5.41) is 0. The number of methoxy groups -OCH3 is 1. The monoisotopic (exact) mass is 298 g/mol. The van der Waals surface area contributed by atoms with Gasteiger partial charge in [-0.15, -0.1) is 0 Å². The van der Waals surface area contributed by atoms with Crippen LogP contribution >= 0.6 is 0 Å². The van der Waals surface area contributed by atoms with Gasteiger partial charge in [0.05, 0.1) is 11.0 Å². The first-order valence-electron chi connectivity index (χ1n) is 6.76. The number of ether oxygens (including phenoxy) is 1. The minimum atomic E-state index is -3.49. The van der Waals surface area contributed by atoms with Crippen LogP contribution in [-0.2, 0) is 14.8 Å². The summed E-state index contributed by atoms with van der Waals surface area (Å²) in [6.07, 6.45) is 1.69. The molecule has 20 heavy (non-hydrogen) atoms. The normalized spacial score (nSPS) is 21.1.